The van der Waals surface area contributed by atoms with E-state index in [-0.39, 0.29) is 5.91 Å². The molecule has 7 heteroatoms. The SMILES string of the molecule is CCNC(=O)c1cccc(CN=C(NCC)NCc2c(C)nn(C)c2C)c1. The lowest BCUT2D eigenvalue weighted by Gasteiger charge is -2.12. The van der Waals surface area contributed by atoms with Gasteiger partial charge >= 0.3 is 0 Å². The van der Waals surface area contributed by atoms with Crippen LogP contribution in [0.15, 0.2) is 29.3 Å². The highest BCUT2D eigenvalue weighted by Gasteiger charge is 2.10. The van der Waals surface area contributed by atoms with Gasteiger partial charge in [0.2, 0.25) is 0 Å². The van der Waals surface area contributed by atoms with Gasteiger partial charge in [-0.2, -0.15) is 5.10 Å². The van der Waals surface area contributed by atoms with E-state index < -0.39 is 0 Å². The number of hydrogen-bond donors (Lipinski definition) is 3. The second kappa shape index (κ2) is 9.75. The number of nitrogens with zero attached hydrogens (tertiary/aromatic N) is 3. The monoisotopic (exact) mass is 370 g/mol. The molecule has 27 heavy (non-hydrogen) atoms. The number of guanidine groups is 1. The zero-order chi connectivity index (χ0) is 19.8. The third-order valence-corrected chi connectivity index (χ3v) is 4.38. The van der Waals surface area contributed by atoms with Gasteiger partial charge in [0.25, 0.3) is 5.91 Å². The topological polar surface area (TPSA) is 83.3 Å². The molecule has 1 heterocycles. The number of aliphatic imine (C=N–C) groups is 1. The van der Waals surface area contributed by atoms with Gasteiger partial charge in [-0.05, 0) is 45.4 Å². The molecule has 1 amide bonds. The van der Waals surface area contributed by atoms with Crippen molar-refractivity contribution in [1.82, 2.24) is 25.7 Å². The van der Waals surface area contributed by atoms with Crippen LogP contribution >= 0.6 is 0 Å². The summed E-state index contributed by atoms with van der Waals surface area (Å²) in [7, 11) is 1.95. The highest BCUT2D eigenvalue weighted by atomic mass is 16.1. The van der Waals surface area contributed by atoms with E-state index in [4.69, 9.17) is 0 Å². The van der Waals surface area contributed by atoms with Crippen molar-refractivity contribution in [2.75, 3.05) is 13.1 Å². The highest BCUT2D eigenvalue weighted by molar-refractivity contribution is 5.94. The minimum atomic E-state index is -0.0594. The summed E-state index contributed by atoms with van der Waals surface area (Å²) in [6.07, 6.45) is 0. The van der Waals surface area contributed by atoms with Crippen LogP contribution in [0, 0.1) is 13.8 Å². The van der Waals surface area contributed by atoms with Crippen molar-refractivity contribution in [3.8, 4) is 0 Å². The van der Waals surface area contributed by atoms with Gasteiger partial charge in [-0.1, -0.05) is 12.1 Å². The largest absolute Gasteiger partial charge is 0.357 e. The molecule has 2 rings (SSSR count). The summed E-state index contributed by atoms with van der Waals surface area (Å²) < 4.78 is 1.89. The van der Waals surface area contributed by atoms with Crippen molar-refractivity contribution in [2.24, 2.45) is 12.0 Å². The number of aromatic nitrogens is 2. The number of rotatable bonds is 7. The summed E-state index contributed by atoms with van der Waals surface area (Å²) in [5, 5.41) is 13.9. The third kappa shape index (κ3) is 5.57. The van der Waals surface area contributed by atoms with Crippen molar-refractivity contribution in [3.63, 3.8) is 0 Å². The molecule has 0 unspecified atom stereocenters. The maximum atomic E-state index is 12.0. The maximum absolute atomic E-state index is 12.0. The van der Waals surface area contributed by atoms with Crippen molar-refractivity contribution < 1.29 is 4.79 Å². The Balaban J connectivity index is 2.07. The summed E-state index contributed by atoms with van der Waals surface area (Å²) in [4.78, 5) is 16.6. The summed E-state index contributed by atoms with van der Waals surface area (Å²) in [5.41, 5.74) is 4.99. The van der Waals surface area contributed by atoms with E-state index in [1.54, 1.807) is 0 Å². The number of benzene rings is 1. The summed E-state index contributed by atoms with van der Waals surface area (Å²) >= 11 is 0. The summed E-state index contributed by atoms with van der Waals surface area (Å²) in [5.74, 6) is 0.680. The number of hydrogen-bond acceptors (Lipinski definition) is 3. The number of nitrogens with one attached hydrogen (secondary N) is 3. The molecule has 0 saturated carbocycles. The number of carbonyl (C=O) groups is 1. The van der Waals surface area contributed by atoms with E-state index in [9.17, 15) is 4.79 Å². The van der Waals surface area contributed by atoms with E-state index in [1.807, 2.05) is 56.8 Å². The highest BCUT2D eigenvalue weighted by Crippen LogP contribution is 2.11. The van der Waals surface area contributed by atoms with Gasteiger partial charge in [0, 0.05) is 43.5 Å². The van der Waals surface area contributed by atoms with Gasteiger partial charge in [0.05, 0.1) is 12.2 Å². The number of carbonyl (C=O) groups excluding carboxylic acids is 1. The van der Waals surface area contributed by atoms with E-state index >= 15 is 0 Å². The van der Waals surface area contributed by atoms with E-state index in [2.05, 4.69) is 33.0 Å². The Hall–Kier alpha value is -2.83. The fourth-order valence-corrected chi connectivity index (χ4v) is 2.83. The van der Waals surface area contributed by atoms with Crippen LogP contribution in [-0.2, 0) is 20.1 Å². The fraction of sp³-hybridized carbons (Fsp3) is 0.450. The van der Waals surface area contributed by atoms with Crippen LogP contribution in [-0.4, -0.2) is 34.7 Å². The molecule has 0 saturated heterocycles. The molecule has 0 bridgehead atoms. The minimum Gasteiger partial charge on any atom is -0.357 e. The Labute approximate surface area is 161 Å². The van der Waals surface area contributed by atoms with E-state index in [1.165, 1.54) is 5.56 Å². The van der Waals surface area contributed by atoms with Crippen LogP contribution in [0.5, 0.6) is 0 Å². The second-order valence-corrected chi connectivity index (χ2v) is 6.38. The van der Waals surface area contributed by atoms with Crippen LogP contribution in [0.1, 0.15) is 46.7 Å². The van der Waals surface area contributed by atoms with Crippen LogP contribution in [0.2, 0.25) is 0 Å². The molecule has 0 fully saturated rings. The minimum absolute atomic E-state index is 0.0594. The Morgan fingerprint density at radius 1 is 1.15 bits per heavy atom. The lowest BCUT2D eigenvalue weighted by molar-refractivity contribution is 0.0955. The maximum Gasteiger partial charge on any atom is 0.251 e. The van der Waals surface area contributed by atoms with Crippen LogP contribution in [0.3, 0.4) is 0 Å². The zero-order valence-electron chi connectivity index (χ0n) is 16.9. The molecule has 7 nitrogen and oxygen atoms in total. The van der Waals surface area contributed by atoms with Crippen molar-refractivity contribution in [1.29, 1.82) is 0 Å². The molecule has 0 aliphatic rings. The van der Waals surface area contributed by atoms with Crippen molar-refractivity contribution in [3.05, 3.63) is 52.3 Å². The first-order valence-corrected chi connectivity index (χ1v) is 9.34. The van der Waals surface area contributed by atoms with Crippen LogP contribution < -0.4 is 16.0 Å². The van der Waals surface area contributed by atoms with Gasteiger partial charge in [0.15, 0.2) is 5.96 Å². The Kier molecular flexibility index (Phi) is 7.40. The Bertz CT molecular complexity index is 809. The Morgan fingerprint density at radius 3 is 2.52 bits per heavy atom. The smallest absolute Gasteiger partial charge is 0.251 e. The zero-order valence-corrected chi connectivity index (χ0v) is 16.9. The van der Waals surface area contributed by atoms with E-state index in [0.717, 1.165) is 29.5 Å². The fourth-order valence-electron chi connectivity index (χ4n) is 2.83. The average Bonchev–Trinajstić information content (AvgIpc) is 2.90. The van der Waals surface area contributed by atoms with Crippen molar-refractivity contribution >= 4 is 11.9 Å². The molecule has 1 aromatic heterocycles. The molecule has 0 atom stereocenters. The predicted octanol–water partition coefficient (Wildman–Crippen LogP) is 2.04. The molecule has 2 aromatic rings. The predicted molar refractivity (Wildman–Crippen MR) is 109 cm³/mol. The van der Waals surface area contributed by atoms with Crippen molar-refractivity contribution in [2.45, 2.75) is 40.8 Å². The first kappa shape index (κ1) is 20.5. The van der Waals surface area contributed by atoms with Gasteiger partial charge in [-0.15, -0.1) is 0 Å². The standard InChI is InChI=1S/C20H30N6O/c1-6-21-19(27)17-10-8-9-16(11-17)12-23-20(22-7-2)24-13-18-14(3)25-26(5)15(18)4/h8-11H,6-7,12-13H2,1-5H3,(H,21,27)(H2,22,23,24). The molecule has 0 aliphatic heterocycles. The number of amides is 1. The first-order valence-electron chi connectivity index (χ1n) is 9.34. The van der Waals surface area contributed by atoms with Crippen LogP contribution in [0.25, 0.3) is 0 Å². The first-order chi connectivity index (χ1) is 13.0. The summed E-state index contributed by atoms with van der Waals surface area (Å²) in [6.45, 7) is 10.6. The second-order valence-electron chi connectivity index (χ2n) is 6.38. The van der Waals surface area contributed by atoms with Crippen LogP contribution in [0.4, 0.5) is 0 Å². The van der Waals surface area contributed by atoms with E-state index in [0.29, 0.717) is 25.2 Å². The molecular formula is C20H30N6O. The molecule has 0 aliphatic carbocycles. The molecule has 146 valence electrons. The quantitative estimate of drug-likeness (QED) is 0.514. The third-order valence-electron chi connectivity index (χ3n) is 4.38. The van der Waals surface area contributed by atoms with Gasteiger partial charge in [-0.3, -0.25) is 9.48 Å². The number of aryl methyl sites for hydroxylation is 2. The molecule has 1 aromatic carbocycles. The van der Waals surface area contributed by atoms with Gasteiger partial charge in [-0.25, -0.2) is 4.99 Å². The van der Waals surface area contributed by atoms with Gasteiger partial charge in [0.1, 0.15) is 0 Å². The lowest BCUT2D eigenvalue weighted by atomic mass is 10.1. The van der Waals surface area contributed by atoms with Gasteiger partial charge < -0.3 is 16.0 Å². The molecule has 0 spiro atoms. The Morgan fingerprint density at radius 2 is 1.89 bits per heavy atom. The molecular weight excluding hydrogens is 340 g/mol. The normalized spacial score (nSPS) is 11.4. The molecule has 0 radical (unpaired) electrons. The molecule has 3 N–H and O–H groups in total. The average molecular weight is 371 g/mol. The summed E-state index contributed by atoms with van der Waals surface area (Å²) in [6, 6.07) is 7.56. The lowest BCUT2D eigenvalue weighted by Crippen LogP contribution is -2.37.